The third-order valence-electron chi connectivity index (χ3n) is 1.91. The fraction of sp³-hybridized carbons (Fsp3) is 0.636. The van der Waals surface area contributed by atoms with Crippen LogP contribution in [0.4, 0.5) is 0 Å². The number of ether oxygens (including phenoxy) is 1. The number of esters is 1. The highest BCUT2D eigenvalue weighted by atomic mass is 35.5. The first-order chi connectivity index (χ1) is 6.81. The summed E-state index contributed by atoms with van der Waals surface area (Å²) in [4.78, 5) is 22.9. The Kier molecular flexibility index (Phi) is 5.58. The third kappa shape index (κ3) is 4.98. The van der Waals surface area contributed by atoms with Crippen molar-refractivity contribution in [2.75, 3.05) is 5.88 Å². The maximum Gasteiger partial charge on any atom is 0.334 e. The smallest absolute Gasteiger partial charge is 0.334 e. The summed E-state index contributed by atoms with van der Waals surface area (Å²) in [5.41, 5.74) is -0.810. The van der Waals surface area contributed by atoms with Crippen molar-refractivity contribution in [1.29, 1.82) is 0 Å². The van der Waals surface area contributed by atoms with Crippen LogP contribution in [0.5, 0.6) is 0 Å². The lowest BCUT2D eigenvalue weighted by Gasteiger charge is -2.23. The average molecular weight is 233 g/mol. The molecule has 0 aromatic rings. The number of halogens is 1. The highest BCUT2D eigenvalue weighted by Crippen LogP contribution is 2.16. The quantitative estimate of drug-likeness (QED) is 0.401. The zero-order valence-corrected chi connectivity index (χ0v) is 10.2. The van der Waals surface area contributed by atoms with E-state index in [2.05, 4.69) is 6.58 Å². The Morgan fingerprint density at radius 2 is 1.93 bits per heavy atom. The highest BCUT2D eigenvalue weighted by Gasteiger charge is 2.31. The molecule has 0 N–H and O–H groups in total. The summed E-state index contributed by atoms with van der Waals surface area (Å²) >= 11 is 5.48. The molecule has 0 aromatic heterocycles. The maximum absolute atomic E-state index is 11.6. The van der Waals surface area contributed by atoms with E-state index in [1.54, 1.807) is 20.8 Å². The average Bonchev–Trinajstić information content (AvgIpc) is 2.13. The number of hydrogen-bond acceptors (Lipinski definition) is 3. The Balaban J connectivity index is 4.34. The minimum Gasteiger partial charge on any atom is -0.448 e. The van der Waals surface area contributed by atoms with Crippen molar-refractivity contribution in [3.63, 3.8) is 0 Å². The molecule has 0 atom stereocenters. The van der Waals surface area contributed by atoms with E-state index in [0.29, 0.717) is 18.7 Å². The zero-order chi connectivity index (χ0) is 12.1. The minimum atomic E-state index is -1.10. The number of Topliss-reactive ketones (excluding diaryl/α,β-unsaturated/α-hetero) is 1. The molecule has 0 aliphatic heterocycles. The number of carbonyl (C=O) groups is 2. The lowest BCUT2D eigenvalue weighted by atomic mass is 9.99. The fourth-order valence-electron chi connectivity index (χ4n) is 0.904. The normalized spacial score (nSPS) is 10.9. The van der Waals surface area contributed by atoms with Gasteiger partial charge in [0.2, 0.25) is 0 Å². The molecule has 3 nitrogen and oxygen atoms in total. The Bertz CT molecular complexity index is 269. The molecular formula is C11H17ClO3. The summed E-state index contributed by atoms with van der Waals surface area (Å²) in [6.45, 7) is 8.14. The molecule has 86 valence electrons. The lowest BCUT2D eigenvalue weighted by molar-refractivity contribution is -0.160. The third-order valence-corrected chi connectivity index (χ3v) is 2.17. The highest BCUT2D eigenvalue weighted by molar-refractivity contribution is 6.18. The van der Waals surface area contributed by atoms with Gasteiger partial charge in [-0.05, 0) is 27.2 Å². The van der Waals surface area contributed by atoms with Crippen molar-refractivity contribution in [2.24, 2.45) is 0 Å². The van der Waals surface area contributed by atoms with Crippen molar-refractivity contribution < 1.29 is 14.3 Å². The van der Waals surface area contributed by atoms with Crippen molar-refractivity contribution in [3.05, 3.63) is 12.2 Å². The van der Waals surface area contributed by atoms with Gasteiger partial charge in [-0.15, -0.1) is 11.6 Å². The number of hydrogen-bond donors (Lipinski definition) is 0. The van der Waals surface area contributed by atoms with Gasteiger partial charge in [0.05, 0.1) is 0 Å². The molecule has 0 fully saturated rings. The van der Waals surface area contributed by atoms with Gasteiger partial charge >= 0.3 is 5.97 Å². The molecule has 0 aromatic carbocycles. The van der Waals surface area contributed by atoms with Crippen molar-refractivity contribution in [2.45, 2.75) is 39.2 Å². The molecule has 0 radical (unpaired) electrons. The van der Waals surface area contributed by atoms with Crippen LogP contribution in [-0.2, 0) is 14.3 Å². The second-order valence-electron chi connectivity index (χ2n) is 3.90. The summed E-state index contributed by atoms with van der Waals surface area (Å²) in [5.74, 6) is -0.243. The molecular weight excluding hydrogens is 216 g/mol. The molecule has 0 spiro atoms. The van der Waals surface area contributed by atoms with Crippen molar-refractivity contribution in [3.8, 4) is 0 Å². The summed E-state index contributed by atoms with van der Waals surface area (Å²) in [6.07, 6.45) is 0.911. The summed E-state index contributed by atoms with van der Waals surface area (Å²) in [6, 6.07) is 0. The van der Waals surface area contributed by atoms with Crippen LogP contribution in [-0.4, -0.2) is 23.2 Å². The van der Waals surface area contributed by atoms with Crippen molar-refractivity contribution in [1.82, 2.24) is 0 Å². The Morgan fingerprint density at radius 3 is 2.33 bits per heavy atom. The van der Waals surface area contributed by atoms with Crippen LogP contribution in [0.3, 0.4) is 0 Å². The number of alkyl halides is 1. The number of ketones is 1. The lowest BCUT2D eigenvalue weighted by Crippen LogP contribution is -2.37. The predicted octanol–water partition coefficient (Wildman–Crippen LogP) is 2.47. The number of rotatable bonds is 6. The standard InChI is InChI=1S/C11H17ClO3/c1-8(2)10(14)15-11(3,4)9(13)6-5-7-12/h1,5-7H2,2-4H3. The summed E-state index contributed by atoms with van der Waals surface area (Å²) < 4.78 is 5.03. The first-order valence-electron chi connectivity index (χ1n) is 4.79. The van der Waals surface area contributed by atoms with E-state index in [0.717, 1.165) is 0 Å². The van der Waals surface area contributed by atoms with Crippen LogP contribution < -0.4 is 0 Å². The van der Waals surface area contributed by atoms with Crippen LogP contribution in [0.2, 0.25) is 0 Å². The first-order valence-corrected chi connectivity index (χ1v) is 5.33. The molecule has 15 heavy (non-hydrogen) atoms. The SMILES string of the molecule is C=C(C)C(=O)OC(C)(C)C(=O)CCCCl. The molecule has 0 unspecified atom stereocenters. The van der Waals surface area contributed by atoms with E-state index in [1.807, 2.05) is 0 Å². The van der Waals surface area contributed by atoms with Gasteiger partial charge in [0.15, 0.2) is 11.4 Å². The second kappa shape index (κ2) is 5.91. The molecule has 0 aliphatic carbocycles. The molecule has 0 rings (SSSR count). The van der Waals surface area contributed by atoms with Gasteiger partial charge in [0, 0.05) is 17.9 Å². The van der Waals surface area contributed by atoms with Gasteiger partial charge in [0.25, 0.3) is 0 Å². The monoisotopic (exact) mass is 232 g/mol. The van der Waals surface area contributed by atoms with Gasteiger partial charge in [-0.3, -0.25) is 4.79 Å². The van der Waals surface area contributed by atoms with Gasteiger partial charge in [0.1, 0.15) is 0 Å². The fourth-order valence-corrected chi connectivity index (χ4v) is 1.04. The van der Waals surface area contributed by atoms with Crippen LogP contribution >= 0.6 is 11.6 Å². The van der Waals surface area contributed by atoms with E-state index in [1.165, 1.54) is 0 Å². The van der Waals surface area contributed by atoms with Crippen LogP contribution in [0.1, 0.15) is 33.6 Å². The van der Waals surface area contributed by atoms with Crippen LogP contribution in [0, 0.1) is 0 Å². The van der Waals surface area contributed by atoms with Gasteiger partial charge in [-0.1, -0.05) is 6.58 Å². The van der Waals surface area contributed by atoms with Gasteiger partial charge in [-0.2, -0.15) is 0 Å². The van der Waals surface area contributed by atoms with Crippen LogP contribution in [0.15, 0.2) is 12.2 Å². The van der Waals surface area contributed by atoms with Crippen molar-refractivity contribution >= 4 is 23.4 Å². The minimum absolute atomic E-state index is 0.127. The number of carbonyl (C=O) groups excluding carboxylic acids is 2. The van der Waals surface area contributed by atoms with Gasteiger partial charge < -0.3 is 4.74 Å². The van der Waals surface area contributed by atoms with E-state index < -0.39 is 11.6 Å². The molecule has 0 saturated heterocycles. The van der Waals surface area contributed by atoms with E-state index in [-0.39, 0.29) is 11.4 Å². The summed E-state index contributed by atoms with van der Waals surface area (Å²) in [5, 5.41) is 0. The molecule has 0 aliphatic rings. The van der Waals surface area contributed by atoms with Gasteiger partial charge in [-0.25, -0.2) is 4.79 Å². The largest absolute Gasteiger partial charge is 0.448 e. The van der Waals surface area contributed by atoms with E-state index >= 15 is 0 Å². The zero-order valence-electron chi connectivity index (χ0n) is 9.43. The molecule has 0 heterocycles. The second-order valence-corrected chi connectivity index (χ2v) is 4.27. The predicted molar refractivity (Wildman–Crippen MR) is 59.9 cm³/mol. The Morgan fingerprint density at radius 1 is 1.40 bits per heavy atom. The topological polar surface area (TPSA) is 43.4 Å². The van der Waals surface area contributed by atoms with E-state index in [9.17, 15) is 9.59 Å². The molecule has 0 amide bonds. The molecule has 0 saturated carbocycles. The van der Waals surface area contributed by atoms with Crippen LogP contribution in [0.25, 0.3) is 0 Å². The van der Waals surface area contributed by atoms with E-state index in [4.69, 9.17) is 16.3 Å². The Labute approximate surface area is 95.4 Å². The first kappa shape index (κ1) is 14.2. The Hall–Kier alpha value is -0.830. The molecule has 4 heteroatoms. The molecule has 0 bridgehead atoms. The summed E-state index contributed by atoms with van der Waals surface area (Å²) in [7, 11) is 0. The maximum atomic E-state index is 11.6.